The third-order valence-electron chi connectivity index (χ3n) is 4.84. The number of carbonyl (C=O) groups excluding carboxylic acids is 3. The first-order valence-corrected chi connectivity index (χ1v) is 9.75. The second-order valence-corrected chi connectivity index (χ2v) is 6.89. The number of phenolic OH excluding ortho intramolecular Hbond substituents is 1. The predicted molar refractivity (Wildman–Crippen MR) is 110 cm³/mol. The number of nitrogens with zero attached hydrogens (tertiary/aromatic N) is 1. The fourth-order valence-corrected chi connectivity index (χ4v) is 3.38. The highest BCUT2D eigenvalue weighted by molar-refractivity contribution is 6.16. The Morgan fingerprint density at radius 1 is 1.07 bits per heavy atom. The molecule has 1 unspecified atom stereocenters. The van der Waals surface area contributed by atoms with Gasteiger partial charge in [0.2, 0.25) is 0 Å². The number of benzene rings is 2. The molecule has 0 spiro atoms. The minimum atomic E-state index is -0.882. The average molecular weight is 409 g/mol. The Morgan fingerprint density at radius 2 is 1.77 bits per heavy atom. The van der Waals surface area contributed by atoms with Gasteiger partial charge in [0.05, 0.1) is 23.8 Å². The molecule has 0 radical (unpaired) electrons. The Kier molecular flexibility index (Phi) is 6.20. The first-order chi connectivity index (χ1) is 14.4. The molecule has 1 atom stereocenters. The van der Waals surface area contributed by atoms with E-state index in [0.29, 0.717) is 17.7 Å². The van der Waals surface area contributed by atoms with Crippen LogP contribution in [0, 0.1) is 0 Å². The third-order valence-corrected chi connectivity index (χ3v) is 4.84. The fraction of sp³-hybridized carbons (Fsp3) is 0.261. The molecule has 1 amide bonds. The number of ketones is 1. The molecule has 1 aliphatic rings. The van der Waals surface area contributed by atoms with Crippen molar-refractivity contribution in [1.29, 1.82) is 0 Å². The molecule has 0 saturated heterocycles. The van der Waals surface area contributed by atoms with Crippen molar-refractivity contribution >= 4 is 23.3 Å². The molecule has 0 saturated carbocycles. The zero-order chi connectivity index (χ0) is 21.8. The first-order valence-electron chi connectivity index (χ1n) is 9.75. The van der Waals surface area contributed by atoms with Gasteiger partial charge in [-0.2, -0.15) is 0 Å². The highest BCUT2D eigenvalue weighted by Crippen LogP contribution is 2.41. The fourth-order valence-electron chi connectivity index (χ4n) is 3.38. The molecular weight excluding hydrogens is 386 g/mol. The quantitative estimate of drug-likeness (QED) is 0.674. The van der Waals surface area contributed by atoms with Crippen molar-refractivity contribution < 1.29 is 29.3 Å². The van der Waals surface area contributed by atoms with Crippen molar-refractivity contribution in [2.75, 3.05) is 11.5 Å². The topological polar surface area (TPSA) is 104 Å². The van der Waals surface area contributed by atoms with Gasteiger partial charge < -0.3 is 14.9 Å². The molecule has 2 aromatic carbocycles. The Labute approximate surface area is 174 Å². The SMILES string of the molecule is CCCOC(=O)c1cccc(N2C(=O)C(O)=C(C(=O)CC)C2c2ccc(O)cc2)c1. The molecule has 7 nitrogen and oxygen atoms in total. The van der Waals surface area contributed by atoms with Crippen LogP contribution < -0.4 is 4.90 Å². The van der Waals surface area contributed by atoms with Gasteiger partial charge in [-0.25, -0.2) is 4.79 Å². The number of esters is 1. The largest absolute Gasteiger partial charge is 0.508 e. The highest BCUT2D eigenvalue weighted by atomic mass is 16.5. The molecule has 3 rings (SSSR count). The first kappa shape index (κ1) is 21.1. The van der Waals surface area contributed by atoms with Gasteiger partial charge in [0.1, 0.15) is 5.75 Å². The van der Waals surface area contributed by atoms with Crippen LogP contribution in [0.1, 0.15) is 48.7 Å². The van der Waals surface area contributed by atoms with Crippen LogP contribution >= 0.6 is 0 Å². The summed E-state index contributed by atoms with van der Waals surface area (Å²) in [5.41, 5.74) is 1.13. The van der Waals surface area contributed by atoms with Gasteiger partial charge in [-0.15, -0.1) is 0 Å². The van der Waals surface area contributed by atoms with Crippen molar-refractivity contribution in [1.82, 2.24) is 0 Å². The van der Waals surface area contributed by atoms with E-state index in [-0.39, 0.29) is 35.7 Å². The molecule has 156 valence electrons. The summed E-state index contributed by atoms with van der Waals surface area (Å²) in [5.74, 6) is -2.19. The zero-order valence-corrected chi connectivity index (χ0v) is 16.8. The lowest BCUT2D eigenvalue weighted by molar-refractivity contribution is -0.118. The van der Waals surface area contributed by atoms with Crippen LogP contribution in [0.15, 0.2) is 59.9 Å². The summed E-state index contributed by atoms with van der Waals surface area (Å²) < 4.78 is 5.16. The Morgan fingerprint density at radius 3 is 2.40 bits per heavy atom. The van der Waals surface area contributed by atoms with Gasteiger partial charge in [-0.1, -0.05) is 32.0 Å². The number of aliphatic hydroxyl groups excluding tert-OH is 1. The van der Waals surface area contributed by atoms with Crippen LogP contribution in [-0.4, -0.2) is 34.5 Å². The molecular formula is C23H23NO6. The smallest absolute Gasteiger partial charge is 0.338 e. The normalized spacial score (nSPS) is 16.1. The molecule has 0 fully saturated rings. The average Bonchev–Trinajstić information content (AvgIpc) is 3.02. The predicted octanol–water partition coefficient (Wildman–Crippen LogP) is 3.84. The molecule has 1 heterocycles. The summed E-state index contributed by atoms with van der Waals surface area (Å²) in [6.07, 6.45) is 0.789. The molecule has 1 aliphatic heterocycles. The van der Waals surface area contributed by atoms with E-state index in [1.54, 1.807) is 37.3 Å². The Hall–Kier alpha value is -3.61. The monoisotopic (exact) mass is 409 g/mol. The summed E-state index contributed by atoms with van der Waals surface area (Å²) in [7, 11) is 0. The number of Topliss-reactive ketones (excluding diaryl/α,β-unsaturated/α-hetero) is 1. The van der Waals surface area contributed by atoms with Gasteiger partial charge in [0, 0.05) is 12.1 Å². The summed E-state index contributed by atoms with van der Waals surface area (Å²) in [6, 6.07) is 11.5. The highest BCUT2D eigenvalue weighted by Gasteiger charge is 2.43. The molecule has 0 aliphatic carbocycles. The number of rotatable bonds is 7. The zero-order valence-electron chi connectivity index (χ0n) is 16.8. The minimum absolute atomic E-state index is 0.00727. The van der Waals surface area contributed by atoms with E-state index in [1.165, 1.54) is 23.1 Å². The second kappa shape index (κ2) is 8.82. The summed E-state index contributed by atoms with van der Waals surface area (Å²) in [6.45, 7) is 3.81. The van der Waals surface area contributed by atoms with E-state index >= 15 is 0 Å². The summed E-state index contributed by atoms with van der Waals surface area (Å²) in [5, 5.41) is 20.1. The van der Waals surface area contributed by atoms with Crippen LogP contribution in [0.2, 0.25) is 0 Å². The number of aromatic hydroxyl groups is 1. The summed E-state index contributed by atoms with van der Waals surface area (Å²) >= 11 is 0. The lowest BCUT2D eigenvalue weighted by Crippen LogP contribution is -2.31. The van der Waals surface area contributed by atoms with Crippen LogP contribution in [0.5, 0.6) is 5.75 Å². The van der Waals surface area contributed by atoms with Crippen molar-refractivity contribution in [3.8, 4) is 5.75 Å². The number of hydrogen-bond acceptors (Lipinski definition) is 6. The van der Waals surface area contributed by atoms with E-state index in [2.05, 4.69) is 0 Å². The van der Waals surface area contributed by atoms with Crippen molar-refractivity contribution in [3.63, 3.8) is 0 Å². The number of hydrogen-bond donors (Lipinski definition) is 2. The number of phenols is 1. The van der Waals surface area contributed by atoms with Crippen LogP contribution in [0.3, 0.4) is 0 Å². The van der Waals surface area contributed by atoms with E-state index in [4.69, 9.17) is 4.74 Å². The van der Waals surface area contributed by atoms with Crippen LogP contribution in [0.25, 0.3) is 0 Å². The number of carbonyl (C=O) groups is 3. The van der Waals surface area contributed by atoms with Crippen molar-refractivity contribution in [2.45, 2.75) is 32.7 Å². The van der Waals surface area contributed by atoms with Gasteiger partial charge in [-0.05, 0) is 42.3 Å². The van der Waals surface area contributed by atoms with Crippen molar-refractivity contribution in [2.24, 2.45) is 0 Å². The van der Waals surface area contributed by atoms with Gasteiger partial charge in [0.25, 0.3) is 5.91 Å². The second-order valence-electron chi connectivity index (χ2n) is 6.89. The maximum absolute atomic E-state index is 12.9. The van der Waals surface area contributed by atoms with E-state index in [0.717, 1.165) is 0 Å². The van der Waals surface area contributed by atoms with Crippen molar-refractivity contribution in [3.05, 3.63) is 71.0 Å². The van der Waals surface area contributed by atoms with Gasteiger partial charge >= 0.3 is 5.97 Å². The van der Waals surface area contributed by atoms with E-state index in [9.17, 15) is 24.6 Å². The maximum atomic E-state index is 12.9. The molecule has 30 heavy (non-hydrogen) atoms. The third kappa shape index (κ3) is 3.91. The number of amides is 1. The summed E-state index contributed by atoms with van der Waals surface area (Å²) in [4.78, 5) is 39.0. The lowest BCUT2D eigenvalue weighted by atomic mass is 9.94. The van der Waals surface area contributed by atoms with Gasteiger partial charge in [-0.3, -0.25) is 14.5 Å². The minimum Gasteiger partial charge on any atom is -0.508 e. The molecule has 2 aromatic rings. The van der Waals surface area contributed by atoms with Crippen LogP contribution in [0.4, 0.5) is 5.69 Å². The number of aliphatic hydroxyl groups is 1. The van der Waals surface area contributed by atoms with E-state index in [1.807, 2.05) is 6.92 Å². The molecule has 0 aromatic heterocycles. The molecule has 7 heteroatoms. The van der Waals surface area contributed by atoms with Crippen LogP contribution in [-0.2, 0) is 14.3 Å². The van der Waals surface area contributed by atoms with Gasteiger partial charge in [0.15, 0.2) is 11.5 Å². The Bertz CT molecular complexity index is 1010. The standard InChI is InChI=1S/C23H23NO6/c1-3-12-30-23(29)15-6-5-7-16(13-15)24-20(14-8-10-17(25)11-9-14)19(18(26)4-2)21(27)22(24)28/h5-11,13,20,25,27H,3-4,12H2,1-2H3. The number of anilines is 1. The molecule has 0 bridgehead atoms. The maximum Gasteiger partial charge on any atom is 0.338 e. The van der Waals surface area contributed by atoms with E-state index < -0.39 is 23.7 Å². The molecule has 2 N–H and O–H groups in total. The lowest BCUT2D eigenvalue weighted by Gasteiger charge is -2.27. The Balaban J connectivity index is 2.08. The number of ether oxygens (including phenoxy) is 1.